The first-order chi connectivity index (χ1) is 10.9. The molecule has 1 fully saturated rings. The number of hydrogen-bond donors (Lipinski definition) is 1. The molecule has 1 heterocycles. The van der Waals surface area contributed by atoms with Gasteiger partial charge in [-0.1, -0.05) is 17.7 Å². The summed E-state index contributed by atoms with van der Waals surface area (Å²) in [6, 6.07) is 7.61. The Bertz CT molecular complexity index is 536. The molecular weight excluding hydrogens is 292 g/mol. The van der Waals surface area contributed by atoms with E-state index in [1.54, 1.807) is 7.05 Å². The second-order valence-electron chi connectivity index (χ2n) is 6.24. The minimum Gasteiger partial charge on any atom is -0.335 e. The number of anilines is 1. The summed E-state index contributed by atoms with van der Waals surface area (Å²) < 4.78 is 0. The van der Waals surface area contributed by atoms with Crippen molar-refractivity contribution >= 4 is 17.5 Å². The summed E-state index contributed by atoms with van der Waals surface area (Å²) in [5.74, 6) is -0.198. The SMILES string of the molecule is Cc1ccc(NC(=O)CN(C)C(=O)CN2CCN(C)CC2)cc1. The van der Waals surface area contributed by atoms with Gasteiger partial charge < -0.3 is 15.1 Å². The van der Waals surface area contributed by atoms with Gasteiger partial charge in [-0.25, -0.2) is 0 Å². The number of hydrogen-bond acceptors (Lipinski definition) is 4. The van der Waals surface area contributed by atoms with Crippen LogP contribution in [0.4, 0.5) is 5.69 Å². The third-order valence-corrected chi connectivity index (χ3v) is 4.10. The molecule has 1 saturated heterocycles. The Balaban J connectivity index is 1.76. The zero-order chi connectivity index (χ0) is 16.8. The number of benzene rings is 1. The minimum atomic E-state index is -0.178. The van der Waals surface area contributed by atoms with Crippen molar-refractivity contribution < 1.29 is 9.59 Å². The van der Waals surface area contributed by atoms with Crippen molar-refractivity contribution in [2.24, 2.45) is 0 Å². The first kappa shape index (κ1) is 17.4. The number of aryl methyl sites for hydroxylation is 1. The Morgan fingerprint density at radius 2 is 1.74 bits per heavy atom. The molecule has 0 unspecified atom stereocenters. The molecule has 6 heteroatoms. The molecule has 0 spiro atoms. The first-order valence-electron chi connectivity index (χ1n) is 7.95. The standard InChI is InChI=1S/C17H26N4O2/c1-14-4-6-15(7-5-14)18-16(22)12-20(3)17(23)13-21-10-8-19(2)9-11-21/h4-7H,8-13H2,1-3H3,(H,18,22). The van der Waals surface area contributed by atoms with Crippen LogP contribution in [0.2, 0.25) is 0 Å². The number of piperazine rings is 1. The average molecular weight is 318 g/mol. The molecule has 0 radical (unpaired) electrons. The van der Waals surface area contributed by atoms with E-state index in [1.807, 2.05) is 31.2 Å². The molecule has 0 atom stereocenters. The van der Waals surface area contributed by atoms with E-state index >= 15 is 0 Å². The van der Waals surface area contributed by atoms with Crippen molar-refractivity contribution in [2.75, 3.05) is 58.7 Å². The fraction of sp³-hybridized carbons (Fsp3) is 0.529. The molecule has 1 aromatic carbocycles. The molecule has 0 saturated carbocycles. The van der Waals surface area contributed by atoms with Crippen LogP contribution in [0.1, 0.15) is 5.56 Å². The van der Waals surface area contributed by atoms with Crippen LogP contribution in [-0.2, 0) is 9.59 Å². The molecule has 0 bridgehead atoms. The molecule has 1 aliphatic heterocycles. The Morgan fingerprint density at radius 3 is 2.35 bits per heavy atom. The maximum absolute atomic E-state index is 12.2. The maximum atomic E-state index is 12.2. The number of likely N-dealkylation sites (N-methyl/N-ethyl adjacent to an activating group) is 2. The van der Waals surface area contributed by atoms with Crippen LogP contribution in [-0.4, -0.2) is 79.9 Å². The summed E-state index contributed by atoms with van der Waals surface area (Å²) in [5.41, 5.74) is 1.89. The Labute approximate surface area is 138 Å². The van der Waals surface area contributed by atoms with Crippen molar-refractivity contribution in [2.45, 2.75) is 6.92 Å². The van der Waals surface area contributed by atoms with E-state index < -0.39 is 0 Å². The second-order valence-corrected chi connectivity index (χ2v) is 6.24. The molecule has 1 aliphatic rings. The lowest BCUT2D eigenvalue weighted by Gasteiger charge is -2.32. The lowest BCUT2D eigenvalue weighted by molar-refractivity contribution is -0.134. The summed E-state index contributed by atoms with van der Waals surface area (Å²) >= 11 is 0. The van der Waals surface area contributed by atoms with Crippen molar-refractivity contribution in [1.82, 2.24) is 14.7 Å². The smallest absolute Gasteiger partial charge is 0.243 e. The maximum Gasteiger partial charge on any atom is 0.243 e. The topological polar surface area (TPSA) is 55.9 Å². The predicted molar refractivity (Wildman–Crippen MR) is 91.4 cm³/mol. The van der Waals surface area contributed by atoms with Gasteiger partial charge in [0.05, 0.1) is 13.1 Å². The molecule has 0 aromatic heterocycles. The Hall–Kier alpha value is -1.92. The highest BCUT2D eigenvalue weighted by molar-refractivity contribution is 5.94. The van der Waals surface area contributed by atoms with E-state index in [2.05, 4.69) is 22.2 Å². The highest BCUT2D eigenvalue weighted by atomic mass is 16.2. The number of rotatable bonds is 5. The predicted octanol–water partition coefficient (Wildman–Crippen LogP) is 0.639. The van der Waals surface area contributed by atoms with Gasteiger partial charge in [0.25, 0.3) is 0 Å². The molecule has 23 heavy (non-hydrogen) atoms. The minimum absolute atomic E-state index is 0.0198. The number of nitrogens with zero attached hydrogens (tertiary/aromatic N) is 3. The van der Waals surface area contributed by atoms with Gasteiger partial charge in [-0.05, 0) is 26.1 Å². The zero-order valence-electron chi connectivity index (χ0n) is 14.2. The molecule has 6 nitrogen and oxygen atoms in total. The van der Waals surface area contributed by atoms with E-state index in [4.69, 9.17) is 0 Å². The number of nitrogens with one attached hydrogen (secondary N) is 1. The van der Waals surface area contributed by atoms with Crippen LogP contribution in [0.15, 0.2) is 24.3 Å². The van der Waals surface area contributed by atoms with Crippen LogP contribution in [0.25, 0.3) is 0 Å². The quantitative estimate of drug-likeness (QED) is 0.866. The fourth-order valence-corrected chi connectivity index (χ4v) is 2.46. The number of carbonyl (C=O) groups is 2. The lowest BCUT2D eigenvalue weighted by Crippen LogP contribution is -2.49. The molecule has 1 aromatic rings. The summed E-state index contributed by atoms with van der Waals surface area (Å²) in [6.07, 6.45) is 0. The van der Waals surface area contributed by atoms with Gasteiger partial charge in [0, 0.05) is 38.9 Å². The normalized spacial score (nSPS) is 16.1. The van der Waals surface area contributed by atoms with Crippen molar-refractivity contribution in [1.29, 1.82) is 0 Å². The molecule has 2 amide bonds. The van der Waals surface area contributed by atoms with Crippen LogP contribution in [0, 0.1) is 6.92 Å². The second kappa shape index (κ2) is 8.08. The van der Waals surface area contributed by atoms with Crippen molar-refractivity contribution in [3.8, 4) is 0 Å². The van der Waals surface area contributed by atoms with Crippen LogP contribution >= 0.6 is 0 Å². The van der Waals surface area contributed by atoms with E-state index in [1.165, 1.54) is 4.90 Å². The van der Waals surface area contributed by atoms with Gasteiger partial charge in [-0.2, -0.15) is 0 Å². The number of carbonyl (C=O) groups excluding carboxylic acids is 2. The summed E-state index contributed by atoms with van der Waals surface area (Å²) in [6.45, 7) is 6.19. The van der Waals surface area contributed by atoms with E-state index in [0.717, 1.165) is 37.4 Å². The van der Waals surface area contributed by atoms with Crippen LogP contribution in [0.5, 0.6) is 0 Å². The van der Waals surface area contributed by atoms with E-state index in [0.29, 0.717) is 6.54 Å². The first-order valence-corrected chi connectivity index (χ1v) is 7.95. The average Bonchev–Trinajstić information content (AvgIpc) is 2.51. The van der Waals surface area contributed by atoms with E-state index in [-0.39, 0.29) is 18.4 Å². The fourth-order valence-electron chi connectivity index (χ4n) is 2.46. The molecule has 1 N–H and O–H groups in total. The Morgan fingerprint density at radius 1 is 1.13 bits per heavy atom. The van der Waals surface area contributed by atoms with Crippen LogP contribution in [0.3, 0.4) is 0 Å². The number of amides is 2. The lowest BCUT2D eigenvalue weighted by atomic mass is 10.2. The van der Waals surface area contributed by atoms with Gasteiger partial charge in [0.1, 0.15) is 0 Å². The largest absolute Gasteiger partial charge is 0.335 e. The van der Waals surface area contributed by atoms with E-state index in [9.17, 15) is 9.59 Å². The molecule has 126 valence electrons. The molecule has 0 aliphatic carbocycles. The molecular formula is C17H26N4O2. The summed E-state index contributed by atoms with van der Waals surface area (Å²) in [5, 5.41) is 2.81. The monoisotopic (exact) mass is 318 g/mol. The highest BCUT2D eigenvalue weighted by Crippen LogP contribution is 2.08. The van der Waals surface area contributed by atoms with Crippen molar-refractivity contribution in [3.63, 3.8) is 0 Å². The third kappa shape index (κ3) is 5.65. The van der Waals surface area contributed by atoms with Crippen LogP contribution < -0.4 is 5.32 Å². The Kier molecular flexibility index (Phi) is 6.12. The van der Waals surface area contributed by atoms with Gasteiger partial charge >= 0.3 is 0 Å². The van der Waals surface area contributed by atoms with Gasteiger partial charge in [-0.15, -0.1) is 0 Å². The van der Waals surface area contributed by atoms with Crippen molar-refractivity contribution in [3.05, 3.63) is 29.8 Å². The zero-order valence-corrected chi connectivity index (χ0v) is 14.2. The van der Waals surface area contributed by atoms with Gasteiger partial charge in [-0.3, -0.25) is 14.5 Å². The third-order valence-electron chi connectivity index (χ3n) is 4.10. The highest BCUT2D eigenvalue weighted by Gasteiger charge is 2.19. The summed E-state index contributed by atoms with van der Waals surface area (Å²) in [7, 11) is 3.76. The summed E-state index contributed by atoms with van der Waals surface area (Å²) in [4.78, 5) is 30.1. The molecule has 2 rings (SSSR count). The van der Waals surface area contributed by atoms with Gasteiger partial charge in [0.15, 0.2) is 0 Å². The van der Waals surface area contributed by atoms with Gasteiger partial charge in [0.2, 0.25) is 11.8 Å².